The quantitative estimate of drug-likeness (QED) is 0.499. The van der Waals surface area contributed by atoms with Crippen molar-refractivity contribution >= 4 is 7.85 Å². The maximum atomic E-state index is 5.87. The molecule has 2 atom stereocenters. The first-order chi connectivity index (χ1) is 4.79. The van der Waals surface area contributed by atoms with Crippen molar-refractivity contribution < 1.29 is 0 Å². The van der Waals surface area contributed by atoms with Gasteiger partial charge in [0.2, 0.25) is 0 Å². The minimum atomic E-state index is 0.503. The van der Waals surface area contributed by atoms with E-state index in [1.54, 1.807) is 0 Å². The highest BCUT2D eigenvalue weighted by Crippen LogP contribution is 2.22. The largest absolute Gasteiger partial charge is 0.328 e. The first-order valence-corrected chi connectivity index (χ1v) is 4.54. The fourth-order valence-corrected chi connectivity index (χ4v) is 1.69. The Morgan fingerprint density at radius 2 is 1.70 bits per heavy atom. The molecule has 0 radical (unpaired) electrons. The summed E-state index contributed by atoms with van der Waals surface area (Å²) < 4.78 is 0. The lowest BCUT2D eigenvalue weighted by Crippen LogP contribution is -2.21. The van der Waals surface area contributed by atoms with Crippen LogP contribution in [0.3, 0.4) is 0 Å². The van der Waals surface area contributed by atoms with Gasteiger partial charge < -0.3 is 5.73 Å². The first-order valence-electron chi connectivity index (χ1n) is 4.54. The second-order valence-corrected chi connectivity index (χ2v) is 3.73. The van der Waals surface area contributed by atoms with E-state index in [1.807, 2.05) is 0 Å². The molecule has 0 bridgehead atoms. The third kappa shape index (κ3) is 2.74. The SMILES string of the molecule is BC1CCCCC(N)CC1. The van der Waals surface area contributed by atoms with Crippen LogP contribution in [0.2, 0.25) is 5.82 Å². The Morgan fingerprint density at radius 3 is 2.50 bits per heavy atom. The Hall–Kier alpha value is 0.0249. The Labute approximate surface area is 64.8 Å². The van der Waals surface area contributed by atoms with Gasteiger partial charge in [-0.1, -0.05) is 31.5 Å². The normalized spacial score (nSPS) is 36.5. The van der Waals surface area contributed by atoms with Crippen LogP contribution in [0.4, 0.5) is 0 Å². The van der Waals surface area contributed by atoms with Gasteiger partial charge in [-0.3, -0.25) is 0 Å². The minimum Gasteiger partial charge on any atom is -0.328 e. The van der Waals surface area contributed by atoms with Crippen LogP contribution < -0.4 is 5.73 Å². The molecule has 10 heavy (non-hydrogen) atoms. The summed E-state index contributed by atoms with van der Waals surface area (Å²) >= 11 is 0. The monoisotopic (exact) mass is 139 g/mol. The summed E-state index contributed by atoms with van der Waals surface area (Å²) in [5.41, 5.74) is 5.87. The van der Waals surface area contributed by atoms with Crippen LogP contribution in [0.15, 0.2) is 0 Å². The van der Waals surface area contributed by atoms with Gasteiger partial charge in [0, 0.05) is 6.04 Å². The molecule has 0 saturated heterocycles. The summed E-state index contributed by atoms with van der Waals surface area (Å²) in [5, 5.41) is 0. The third-order valence-electron chi connectivity index (χ3n) is 2.55. The van der Waals surface area contributed by atoms with Gasteiger partial charge in [0.15, 0.2) is 0 Å². The van der Waals surface area contributed by atoms with Crippen LogP contribution in [-0.4, -0.2) is 13.9 Å². The molecule has 0 aromatic rings. The van der Waals surface area contributed by atoms with Crippen LogP contribution in [0.1, 0.15) is 38.5 Å². The fourth-order valence-electron chi connectivity index (χ4n) is 1.69. The zero-order chi connectivity index (χ0) is 7.40. The molecule has 1 nitrogen and oxygen atoms in total. The van der Waals surface area contributed by atoms with Crippen LogP contribution in [0.25, 0.3) is 0 Å². The summed E-state index contributed by atoms with van der Waals surface area (Å²) in [4.78, 5) is 0. The van der Waals surface area contributed by atoms with Crippen molar-refractivity contribution in [1.29, 1.82) is 0 Å². The van der Waals surface area contributed by atoms with E-state index in [1.165, 1.54) is 38.5 Å². The Bertz CT molecular complexity index is 83.3. The predicted octanol–water partition coefficient (Wildman–Crippen LogP) is 1.09. The van der Waals surface area contributed by atoms with Crippen molar-refractivity contribution in [3.63, 3.8) is 0 Å². The minimum absolute atomic E-state index is 0.503. The van der Waals surface area contributed by atoms with Crippen LogP contribution in [0, 0.1) is 0 Å². The maximum Gasteiger partial charge on any atom is 0.105 e. The molecule has 2 unspecified atom stereocenters. The average molecular weight is 139 g/mol. The van der Waals surface area contributed by atoms with Gasteiger partial charge in [-0.25, -0.2) is 0 Å². The maximum absolute atomic E-state index is 5.87. The van der Waals surface area contributed by atoms with E-state index in [4.69, 9.17) is 5.73 Å². The molecule has 1 aliphatic carbocycles. The topological polar surface area (TPSA) is 26.0 Å². The molecule has 0 amide bonds. The third-order valence-corrected chi connectivity index (χ3v) is 2.55. The zero-order valence-electron chi connectivity index (χ0n) is 6.97. The second kappa shape index (κ2) is 4.02. The molecule has 0 heterocycles. The average Bonchev–Trinajstić information content (AvgIpc) is 1.90. The fraction of sp³-hybridized carbons (Fsp3) is 1.00. The zero-order valence-corrected chi connectivity index (χ0v) is 6.97. The van der Waals surface area contributed by atoms with Crippen molar-refractivity contribution in [3.8, 4) is 0 Å². The molecular formula is C8H18BN. The van der Waals surface area contributed by atoms with Gasteiger partial charge in [-0.05, 0) is 12.8 Å². The van der Waals surface area contributed by atoms with Gasteiger partial charge in [0.25, 0.3) is 0 Å². The summed E-state index contributed by atoms with van der Waals surface area (Å²) in [6.07, 6.45) is 8.03. The van der Waals surface area contributed by atoms with Gasteiger partial charge in [0.1, 0.15) is 7.85 Å². The van der Waals surface area contributed by atoms with Gasteiger partial charge >= 0.3 is 0 Å². The lowest BCUT2D eigenvalue weighted by molar-refractivity contribution is 0.454. The summed E-state index contributed by atoms with van der Waals surface area (Å²) in [6, 6.07) is 0.503. The van der Waals surface area contributed by atoms with E-state index < -0.39 is 0 Å². The number of hydrogen-bond acceptors (Lipinski definition) is 1. The van der Waals surface area contributed by atoms with E-state index in [0.29, 0.717) is 6.04 Å². The van der Waals surface area contributed by atoms with Crippen molar-refractivity contribution in [2.75, 3.05) is 0 Å². The van der Waals surface area contributed by atoms with Crippen LogP contribution in [-0.2, 0) is 0 Å². The Morgan fingerprint density at radius 1 is 1.00 bits per heavy atom. The summed E-state index contributed by atoms with van der Waals surface area (Å²) in [7, 11) is 2.35. The molecule has 58 valence electrons. The van der Waals surface area contributed by atoms with Crippen molar-refractivity contribution in [2.45, 2.75) is 50.4 Å². The number of nitrogens with two attached hydrogens (primary N) is 1. The molecule has 0 aromatic carbocycles. The number of rotatable bonds is 0. The summed E-state index contributed by atoms with van der Waals surface area (Å²) in [5.74, 6) is 0.923. The molecule has 1 saturated carbocycles. The molecule has 1 fully saturated rings. The van der Waals surface area contributed by atoms with Gasteiger partial charge in [0.05, 0.1) is 0 Å². The Kier molecular flexibility index (Phi) is 3.27. The molecule has 2 heteroatoms. The molecule has 1 rings (SSSR count). The number of hydrogen-bond donors (Lipinski definition) is 1. The van der Waals surface area contributed by atoms with E-state index >= 15 is 0 Å². The highest BCUT2D eigenvalue weighted by molar-refractivity contribution is 6.11. The summed E-state index contributed by atoms with van der Waals surface area (Å²) in [6.45, 7) is 0. The molecular weight excluding hydrogens is 121 g/mol. The van der Waals surface area contributed by atoms with Crippen LogP contribution in [0.5, 0.6) is 0 Å². The Balaban J connectivity index is 2.23. The van der Waals surface area contributed by atoms with E-state index in [0.717, 1.165) is 5.82 Å². The lowest BCUT2D eigenvalue weighted by atomic mass is 9.77. The molecule has 2 N–H and O–H groups in total. The van der Waals surface area contributed by atoms with E-state index in [-0.39, 0.29) is 0 Å². The van der Waals surface area contributed by atoms with Crippen LogP contribution >= 0.6 is 0 Å². The van der Waals surface area contributed by atoms with Crippen molar-refractivity contribution in [2.24, 2.45) is 5.73 Å². The molecule has 0 spiro atoms. The van der Waals surface area contributed by atoms with Gasteiger partial charge in [-0.2, -0.15) is 0 Å². The molecule has 1 aliphatic rings. The molecule has 0 aliphatic heterocycles. The van der Waals surface area contributed by atoms with E-state index in [2.05, 4.69) is 7.85 Å². The van der Waals surface area contributed by atoms with Gasteiger partial charge in [-0.15, -0.1) is 0 Å². The second-order valence-electron chi connectivity index (χ2n) is 3.73. The van der Waals surface area contributed by atoms with Crippen molar-refractivity contribution in [3.05, 3.63) is 0 Å². The van der Waals surface area contributed by atoms with Crippen molar-refractivity contribution in [1.82, 2.24) is 0 Å². The highest BCUT2D eigenvalue weighted by atomic mass is 14.6. The standard InChI is InChI=1S/C8H18BN/c9-7-3-1-2-4-8(10)6-5-7/h7-8H,1-6,9-10H2. The molecule has 0 aromatic heterocycles. The first kappa shape index (κ1) is 8.12. The smallest absolute Gasteiger partial charge is 0.105 e. The predicted molar refractivity (Wildman–Crippen MR) is 48.0 cm³/mol. The van der Waals surface area contributed by atoms with E-state index in [9.17, 15) is 0 Å². The lowest BCUT2D eigenvalue weighted by Gasteiger charge is -2.19. The highest BCUT2D eigenvalue weighted by Gasteiger charge is 2.10.